The maximum Gasteiger partial charge on any atom is 0.138 e. The Morgan fingerprint density at radius 3 is 2.50 bits per heavy atom. The van der Waals surface area contributed by atoms with Crippen LogP contribution in [-0.2, 0) is 12.5 Å². The van der Waals surface area contributed by atoms with E-state index in [4.69, 9.17) is 16.3 Å². The summed E-state index contributed by atoms with van der Waals surface area (Å²) in [4.78, 5) is 4.15. The molecule has 0 aliphatic rings. The van der Waals surface area contributed by atoms with E-state index in [1.807, 2.05) is 42.5 Å². The summed E-state index contributed by atoms with van der Waals surface area (Å²) in [5.41, 5.74) is 2.00. The highest BCUT2D eigenvalue weighted by atomic mass is 35.5. The van der Waals surface area contributed by atoms with Crippen LogP contribution in [0.25, 0.3) is 0 Å². The van der Waals surface area contributed by atoms with Crippen molar-refractivity contribution in [2.45, 2.75) is 12.5 Å². The second kappa shape index (κ2) is 5.52. The predicted octanol–water partition coefficient (Wildman–Crippen LogP) is 3.40. The molecule has 0 saturated carbocycles. The van der Waals surface area contributed by atoms with Gasteiger partial charge in [-0.15, -0.1) is 11.6 Å². The molecule has 0 N–H and O–H groups in total. The maximum atomic E-state index is 5.65. The molecular formula is C13H12ClNO. The van der Waals surface area contributed by atoms with Crippen molar-refractivity contribution in [2.75, 3.05) is 0 Å². The molecule has 0 saturated heterocycles. The van der Waals surface area contributed by atoms with Gasteiger partial charge in [0.2, 0.25) is 0 Å². The van der Waals surface area contributed by atoms with E-state index in [0.29, 0.717) is 12.5 Å². The lowest BCUT2D eigenvalue weighted by atomic mass is 10.2. The molecule has 0 aliphatic carbocycles. The number of rotatable bonds is 4. The molecule has 82 valence electrons. The molecule has 2 rings (SSSR count). The number of hydrogen-bond acceptors (Lipinski definition) is 2. The van der Waals surface area contributed by atoms with Crippen LogP contribution in [-0.4, -0.2) is 4.98 Å². The molecule has 2 nitrogen and oxygen atoms in total. The van der Waals surface area contributed by atoms with Gasteiger partial charge in [0, 0.05) is 0 Å². The van der Waals surface area contributed by atoms with Crippen molar-refractivity contribution in [3.05, 3.63) is 59.9 Å². The predicted molar refractivity (Wildman–Crippen MR) is 64.6 cm³/mol. The monoisotopic (exact) mass is 233 g/mol. The summed E-state index contributed by atoms with van der Waals surface area (Å²) >= 11 is 5.65. The lowest BCUT2D eigenvalue weighted by Crippen LogP contribution is -1.96. The van der Waals surface area contributed by atoms with Crippen molar-refractivity contribution in [3.63, 3.8) is 0 Å². The molecule has 1 aromatic heterocycles. The van der Waals surface area contributed by atoms with Gasteiger partial charge >= 0.3 is 0 Å². The number of aromatic nitrogens is 1. The first-order valence-corrected chi connectivity index (χ1v) is 5.59. The number of alkyl halides is 1. The highest BCUT2D eigenvalue weighted by molar-refractivity contribution is 6.16. The van der Waals surface area contributed by atoms with Crippen LogP contribution >= 0.6 is 11.6 Å². The molecule has 0 spiro atoms. The van der Waals surface area contributed by atoms with Gasteiger partial charge in [0.25, 0.3) is 0 Å². The summed E-state index contributed by atoms with van der Waals surface area (Å²) in [5, 5.41) is 0. The zero-order valence-electron chi connectivity index (χ0n) is 8.77. The third kappa shape index (κ3) is 2.97. The molecular weight excluding hydrogens is 222 g/mol. The Kier molecular flexibility index (Phi) is 3.78. The summed E-state index contributed by atoms with van der Waals surface area (Å²) in [6.45, 7) is 0.558. The first-order chi connectivity index (χ1) is 7.88. The Morgan fingerprint density at radius 1 is 1.06 bits per heavy atom. The molecule has 0 atom stereocenters. The number of hydrogen-bond donors (Lipinski definition) is 0. The van der Waals surface area contributed by atoms with Crippen LogP contribution in [0.2, 0.25) is 0 Å². The molecule has 0 aliphatic heterocycles. The van der Waals surface area contributed by atoms with Crippen molar-refractivity contribution in [3.8, 4) is 5.75 Å². The van der Waals surface area contributed by atoms with Gasteiger partial charge in [0.15, 0.2) is 0 Å². The fourth-order valence-corrected chi connectivity index (χ4v) is 1.47. The Hall–Kier alpha value is -1.54. The SMILES string of the molecule is ClCc1ccc(OCc2ccccc2)cn1. The summed E-state index contributed by atoms with van der Waals surface area (Å²) in [6.07, 6.45) is 1.70. The average Bonchev–Trinajstić information content (AvgIpc) is 2.38. The van der Waals surface area contributed by atoms with Crippen molar-refractivity contribution in [2.24, 2.45) is 0 Å². The number of benzene rings is 1. The first kappa shape index (κ1) is 11.0. The number of pyridine rings is 1. The molecule has 0 radical (unpaired) electrons. The van der Waals surface area contributed by atoms with E-state index < -0.39 is 0 Å². The molecule has 0 fully saturated rings. The van der Waals surface area contributed by atoms with E-state index in [1.54, 1.807) is 6.20 Å². The lowest BCUT2D eigenvalue weighted by Gasteiger charge is -2.05. The summed E-state index contributed by atoms with van der Waals surface area (Å²) in [7, 11) is 0. The van der Waals surface area contributed by atoms with Crippen LogP contribution in [0.1, 0.15) is 11.3 Å². The third-order valence-corrected chi connectivity index (χ3v) is 2.46. The number of nitrogens with zero attached hydrogens (tertiary/aromatic N) is 1. The standard InChI is InChI=1S/C13H12ClNO/c14-8-12-6-7-13(9-15-12)16-10-11-4-2-1-3-5-11/h1-7,9H,8,10H2. The Labute approximate surface area is 99.9 Å². The van der Waals surface area contributed by atoms with Crippen LogP contribution in [0.15, 0.2) is 48.7 Å². The van der Waals surface area contributed by atoms with Crippen molar-refractivity contribution in [1.29, 1.82) is 0 Å². The Morgan fingerprint density at radius 2 is 1.88 bits per heavy atom. The number of ether oxygens (including phenoxy) is 1. The molecule has 0 amide bonds. The van der Waals surface area contributed by atoms with Gasteiger partial charge < -0.3 is 4.74 Å². The topological polar surface area (TPSA) is 22.1 Å². The fraction of sp³-hybridized carbons (Fsp3) is 0.154. The minimum atomic E-state index is 0.430. The summed E-state index contributed by atoms with van der Waals surface area (Å²) < 4.78 is 5.59. The second-order valence-corrected chi connectivity index (χ2v) is 3.66. The van der Waals surface area contributed by atoms with E-state index >= 15 is 0 Å². The first-order valence-electron chi connectivity index (χ1n) is 5.06. The quantitative estimate of drug-likeness (QED) is 0.756. The van der Waals surface area contributed by atoms with E-state index in [-0.39, 0.29) is 0 Å². The summed E-state index contributed by atoms with van der Waals surface area (Å²) in [6, 6.07) is 13.8. The number of halogens is 1. The third-order valence-electron chi connectivity index (χ3n) is 2.18. The van der Waals surface area contributed by atoms with Gasteiger partial charge in [-0.2, -0.15) is 0 Å². The van der Waals surface area contributed by atoms with Gasteiger partial charge in [-0.05, 0) is 17.7 Å². The largest absolute Gasteiger partial charge is 0.487 e. The smallest absolute Gasteiger partial charge is 0.138 e. The fourth-order valence-electron chi connectivity index (χ4n) is 1.32. The summed E-state index contributed by atoms with van der Waals surface area (Å²) in [5.74, 6) is 1.19. The van der Waals surface area contributed by atoms with Crippen molar-refractivity contribution < 1.29 is 4.74 Å². The van der Waals surface area contributed by atoms with Crippen LogP contribution in [0.5, 0.6) is 5.75 Å². The Balaban J connectivity index is 1.94. The molecule has 3 heteroatoms. The van der Waals surface area contributed by atoms with Gasteiger partial charge in [0.1, 0.15) is 12.4 Å². The van der Waals surface area contributed by atoms with Crippen LogP contribution in [0.4, 0.5) is 0 Å². The van der Waals surface area contributed by atoms with Crippen LogP contribution < -0.4 is 4.74 Å². The van der Waals surface area contributed by atoms with Gasteiger partial charge in [0.05, 0.1) is 17.8 Å². The average molecular weight is 234 g/mol. The van der Waals surface area contributed by atoms with Crippen molar-refractivity contribution in [1.82, 2.24) is 4.98 Å². The molecule has 1 heterocycles. The normalized spacial score (nSPS) is 10.1. The van der Waals surface area contributed by atoms with Crippen LogP contribution in [0, 0.1) is 0 Å². The molecule has 0 unspecified atom stereocenters. The van der Waals surface area contributed by atoms with Gasteiger partial charge in [-0.25, -0.2) is 0 Å². The minimum absolute atomic E-state index is 0.430. The maximum absolute atomic E-state index is 5.65. The zero-order valence-corrected chi connectivity index (χ0v) is 9.52. The minimum Gasteiger partial charge on any atom is -0.487 e. The highest BCUT2D eigenvalue weighted by Crippen LogP contribution is 2.12. The zero-order chi connectivity index (χ0) is 11.2. The lowest BCUT2D eigenvalue weighted by molar-refractivity contribution is 0.305. The Bertz CT molecular complexity index is 427. The van der Waals surface area contributed by atoms with Gasteiger partial charge in [-0.1, -0.05) is 30.3 Å². The van der Waals surface area contributed by atoms with E-state index in [9.17, 15) is 0 Å². The second-order valence-electron chi connectivity index (χ2n) is 3.39. The molecule has 0 bridgehead atoms. The molecule has 2 aromatic rings. The van der Waals surface area contributed by atoms with Crippen molar-refractivity contribution >= 4 is 11.6 Å². The molecule has 1 aromatic carbocycles. The van der Waals surface area contributed by atoms with E-state index in [0.717, 1.165) is 17.0 Å². The van der Waals surface area contributed by atoms with E-state index in [2.05, 4.69) is 4.98 Å². The van der Waals surface area contributed by atoms with Crippen LogP contribution in [0.3, 0.4) is 0 Å². The van der Waals surface area contributed by atoms with Gasteiger partial charge in [-0.3, -0.25) is 4.98 Å². The molecule has 16 heavy (non-hydrogen) atoms. The van der Waals surface area contributed by atoms with E-state index in [1.165, 1.54) is 0 Å². The highest BCUT2D eigenvalue weighted by Gasteiger charge is 1.96.